The van der Waals surface area contributed by atoms with Crippen molar-refractivity contribution in [2.75, 3.05) is 13.1 Å². The lowest BCUT2D eigenvalue weighted by molar-refractivity contribution is 0.100. The highest BCUT2D eigenvalue weighted by atomic mass is 19.2. The number of halogens is 2. The molecular formula is C19H18F2N4O. The molecule has 0 spiro atoms. The zero-order chi connectivity index (χ0) is 19.2. The first-order valence-electron chi connectivity index (χ1n) is 8.88. The molecule has 1 aliphatic rings. The van der Waals surface area contributed by atoms with Gasteiger partial charge in [-0.05, 0) is 43.0 Å². The first-order valence-corrected chi connectivity index (χ1v) is 8.38. The number of rotatable bonds is 3. The van der Waals surface area contributed by atoms with Gasteiger partial charge in [-0.2, -0.15) is 5.10 Å². The summed E-state index contributed by atoms with van der Waals surface area (Å²) in [4.78, 5) is 11.5. The molecule has 3 aromatic rings. The van der Waals surface area contributed by atoms with Crippen LogP contribution in [0.5, 0.6) is 0 Å². The lowest BCUT2D eigenvalue weighted by Crippen LogP contribution is -2.29. The molecule has 7 heteroatoms. The van der Waals surface area contributed by atoms with Gasteiger partial charge in [0, 0.05) is 19.5 Å². The minimum atomic E-state index is -1.20. The fourth-order valence-corrected chi connectivity index (χ4v) is 3.34. The summed E-state index contributed by atoms with van der Waals surface area (Å²) < 4.78 is 39.3. The standard InChI is InChI=1S/C19H18F2N4O/c20-16-13(11-4-2-8-23-9-11)6-7-15(17(16)21)25-10-12-3-1-5-14(19(22)26)18(12)24-25/h1,3,5-7,10-11,23H,2,4,8-9H2,(H2,22,26)/i11D. The average Bonchev–Trinajstić information content (AvgIpc) is 3.08. The Morgan fingerprint density at radius 1 is 1.31 bits per heavy atom. The maximum atomic E-state index is 14.8. The molecule has 2 aromatic carbocycles. The molecule has 1 unspecified atom stereocenters. The molecule has 1 saturated heterocycles. The quantitative estimate of drug-likeness (QED) is 0.757. The number of fused-ring (bicyclic) bond motifs is 1. The van der Waals surface area contributed by atoms with E-state index in [0.717, 1.165) is 13.0 Å². The SMILES string of the molecule is [2H]C1(c2ccc(-n3cc4cccc(C(N)=O)c4n3)c(F)c2F)CCCNC1. The number of nitrogens with two attached hydrogens (primary N) is 1. The largest absolute Gasteiger partial charge is 0.366 e. The number of piperidine rings is 1. The Balaban J connectivity index is 1.81. The maximum Gasteiger partial charge on any atom is 0.250 e. The molecule has 1 amide bonds. The Bertz CT molecular complexity index is 1040. The van der Waals surface area contributed by atoms with Crippen molar-refractivity contribution in [3.05, 3.63) is 59.3 Å². The second-order valence-corrected chi connectivity index (χ2v) is 6.33. The van der Waals surface area contributed by atoms with Gasteiger partial charge in [-0.25, -0.2) is 13.5 Å². The van der Waals surface area contributed by atoms with Gasteiger partial charge in [0.05, 0.1) is 5.56 Å². The van der Waals surface area contributed by atoms with Gasteiger partial charge in [0.1, 0.15) is 11.2 Å². The van der Waals surface area contributed by atoms with E-state index in [1.807, 2.05) is 0 Å². The zero-order valence-corrected chi connectivity index (χ0v) is 13.9. The summed E-state index contributed by atoms with van der Waals surface area (Å²) in [5, 5.41) is 7.87. The Morgan fingerprint density at radius 2 is 2.15 bits per heavy atom. The van der Waals surface area contributed by atoms with Crippen molar-refractivity contribution in [3.8, 4) is 5.69 Å². The fourth-order valence-electron chi connectivity index (χ4n) is 3.34. The summed E-state index contributed by atoms with van der Waals surface area (Å²) in [6.45, 7) is 1.04. The number of nitrogens with zero attached hydrogens (tertiary/aromatic N) is 2. The lowest BCUT2D eigenvalue weighted by Gasteiger charge is -2.24. The summed E-state index contributed by atoms with van der Waals surface area (Å²) in [5.74, 6) is -3.96. The first-order chi connectivity index (χ1) is 12.9. The van der Waals surface area contributed by atoms with Crippen LogP contribution in [0.2, 0.25) is 0 Å². The number of primary amides is 1. The van der Waals surface area contributed by atoms with Gasteiger partial charge in [-0.3, -0.25) is 4.79 Å². The molecule has 1 aromatic heterocycles. The van der Waals surface area contributed by atoms with Crippen molar-refractivity contribution in [1.29, 1.82) is 0 Å². The normalized spacial score (nSPS) is 20.9. The highest BCUT2D eigenvalue weighted by molar-refractivity contribution is 6.04. The van der Waals surface area contributed by atoms with Crippen molar-refractivity contribution in [3.63, 3.8) is 0 Å². The van der Waals surface area contributed by atoms with Crippen LogP contribution in [0.1, 0.15) is 36.0 Å². The molecule has 1 aliphatic heterocycles. The van der Waals surface area contributed by atoms with Crippen LogP contribution in [0.15, 0.2) is 36.5 Å². The van der Waals surface area contributed by atoms with Crippen molar-refractivity contribution < 1.29 is 14.9 Å². The van der Waals surface area contributed by atoms with Crippen molar-refractivity contribution in [1.82, 2.24) is 15.1 Å². The molecule has 5 nitrogen and oxygen atoms in total. The summed E-state index contributed by atoms with van der Waals surface area (Å²) >= 11 is 0. The van der Waals surface area contributed by atoms with E-state index in [-0.39, 0.29) is 23.4 Å². The van der Waals surface area contributed by atoms with Crippen LogP contribution in [0.3, 0.4) is 0 Å². The summed E-state index contributed by atoms with van der Waals surface area (Å²) in [5.41, 5.74) is 5.83. The highest BCUT2D eigenvalue weighted by Gasteiger charge is 2.23. The number of nitrogens with one attached hydrogen (secondary N) is 1. The van der Waals surface area contributed by atoms with Crippen LogP contribution in [0.25, 0.3) is 16.6 Å². The highest BCUT2D eigenvalue weighted by Crippen LogP contribution is 2.30. The molecule has 2 heterocycles. The van der Waals surface area contributed by atoms with E-state index in [4.69, 9.17) is 7.10 Å². The molecule has 0 aliphatic carbocycles. The van der Waals surface area contributed by atoms with E-state index in [1.54, 1.807) is 12.1 Å². The van der Waals surface area contributed by atoms with Crippen LogP contribution in [-0.2, 0) is 0 Å². The Kier molecular flexibility index (Phi) is 3.86. The number of aromatic nitrogens is 2. The second-order valence-electron chi connectivity index (χ2n) is 6.33. The Hall–Kier alpha value is -2.80. The molecule has 1 fully saturated rings. The summed E-state index contributed by atoms with van der Waals surface area (Å²) in [6.07, 6.45) is 2.70. The van der Waals surface area contributed by atoms with E-state index in [9.17, 15) is 13.6 Å². The third kappa shape index (κ3) is 2.74. The van der Waals surface area contributed by atoms with Gasteiger partial charge < -0.3 is 11.1 Å². The van der Waals surface area contributed by atoms with Gasteiger partial charge in [0.2, 0.25) is 0 Å². The second kappa shape index (κ2) is 6.49. The summed E-state index contributed by atoms with van der Waals surface area (Å²) in [7, 11) is 0. The van der Waals surface area contributed by atoms with Crippen molar-refractivity contribution in [2.45, 2.75) is 18.7 Å². The van der Waals surface area contributed by atoms with E-state index < -0.39 is 23.4 Å². The van der Waals surface area contributed by atoms with Gasteiger partial charge >= 0.3 is 0 Å². The monoisotopic (exact) mass is 357 g/mol. The molecule has 0 radical (unpaired) electrons. The van der Waals surface area contributed by atoms with Crippen LogP contribution < -0.4 is 11.1 Å². The number of amides is 1. The van der Waals surface area contributed by atoms with Crippen LogP contribution in [0, 0.1) is 11.6 Å². The molecule has 0 saturated carbocycles. The van der Waals surface area contributed by atoms with E-state index >= 15 is 0 Å². The molecule has 4 rings (SSSR count). The number of carbonyl (C=O) groups excluding carboxylic acids is 1. The molecule has 26 heavy (non-hydrogen) atoms. The number of hydrogen-bond acceptors (Lipinski definition) is 3. The smallest absolute Gasteiger partial charge is 0.250 e. The molecular weight excluding hydrogens is 338 g/mol. The first kappa shape index (κ1) is 15.5. The third-order valence-corrected chi connectivity index (χ3v) is 4.66. The summed E-state index contributed by atoms with van der Waals surface area (Å²) in [6, 6.07) is 7.74. The van der Waals surface area contributed by atoms with Gasteiger partial charge in [0.15, 0.2) is 11.6 Å². The van der Waals surface area contributed by atoms with Crippen molar-refractivity contribution >= 4 is 16.8 Å². The number of hydrogen-bond donors (Lipinski definition) is 2. The predicted molar refractivity (Wildman–Crippen MR) is 94.3 cm³/mol. The minimum Gasteiger partial charge on any atom is -0.366 e. The van der Waals surface area contributed by atoms with Crippen molar-refractivity contribution in [2.24, 2.45) is 5.73 Å². The topological polar surface area (TPSA) is 72.9 Å². The fraction of sp³-hybridized carbons (Fsp3) is 0.263. The zero-order valence-electron chi connectivity index (χ0n) is 14.9. The Morgan fingerprint density at radius 3 is 2.88 bits per heavy atom. The Labute approximate surface area is 150 Å². The van der Waals surface area contributed by atoms with E-state index in [1.165, 1.54) is 29.1 Å². The lowest BCUT2D eigenvalue weighted by atomic mass is 9.91. The molecule has 134 valence electrons. The molecule has 0 bridgehead atoms. The van der Waals surface area contributed by atoms with Crippen LogP contribution >= 0.6 is 0 Å². The van der Waals surface area contributed by atoms with Gasteiger partial charge in [-0.1, -0.05) is 18.2 Å². The van der Waals surface area contributed by atoms with Gasteiger partial charge in [0.25, 0.3) is 5.91 Å². The third-order valence-electron chi connectivity index (χ3n) is 4.66. The van der Waals surface area contributed by atoms with Crippen LogP contribution in [-0.4, -0.2) is 28.8 Å². The maximum absolute atomic E-state index is 14.8. The molecule has 1 atom stereocenters. The van der Waals surface area contributed by atoms with Crippen LogP contribution in [0.4, 0.5) is 8.78 Å². The van der Waals surface area contributed by atoms with Gasteiger partial charge in [-0.15, -0.1) is 0 Å². The number of carbonyl (C=O) groups is 1. The van der Waals surface area contributed by atoms with E-state index in [0.29, 0.717) is 17.3 Å². The number of benzene rings is 2. The molecule has 3 N–H and O–H groups in total. The minimum absolute atomic E-state index is 0.0329. The van der Waals surface area contributed by atoms with E-state index in [2.05, 4.69) is 10.4 Å². The predicted octanol–water partition coefficient (Wildman–Crippen LogP) is 2.87. The average molecular weight is 357 g/mol.